The Morgan fingerprint density at radius 3 is 2.20 bits per heavy atom. The zero-order valence-electron chi connectivity index (χ0n) is 15.8. The Morgan fingerprint density at radius 2 is 1.64 bits per heavy atom. The highest BCUT2D eigenvalue weighted by Crippen LogP contribution is 2.24. The smallest absolute Gasteiger partial charge is 0.237 e. The van der Waals surface area contributed by atoms with Gasteiger partial charge in [-0.2, -0.15) is 0 Å². The summed E-state index contributed by atoms with van der Waals surface area (Å²) >= 11 is 0. The minimum absolute atomic E-state index is 0.118. The first kappa shape index (κ1) is 19.0. The fourth-order valence-corrected chi connectivity index (χ4v) is 3.15. The van der Waals surface area contributed by atoms with E-state index in [2.05, 4.69) is 41.9 Å². The lowest BCUT2D eigenvalue weighted by molar-refractivity contribution is -0.131. The highest BCUT2D eigenvalue weighted by molar-refractivity contribution is 6.07. The van der Waals surface area contributed by atoms with Gasteiger partial charge in [0.1, 0.15) is 11.8 Å². The number of allylic oxidation sites excluding steroid dienone is 2. The van der Waals surface area contributed by atoms with Gasteiger partial charge in [0.25, 0.3) is 0 Å². The van der Waals surface area contributed by atoms with E-state index in [1.165, 1.54) is 0 Å². The summed E-state index contributed by atoms with van der Waals surface area (Å²) in [6.07, 6.45) is 5.88. The zero-order chi connectivity index (χ0) is 18.2. The first-order valence-corrected chi connectivity index (χ1v) is 9.21. The summed E-state index contributed by atoms with van der Waals surface area (Å²) in [4.78, 5) is 21.9. The second kappa shape index (κ2) is 9.21. The third-order valence-electron chi connectivity index (χ3n) is 4.62. The molecule has 134 valence electrons. The molecule has 1 aromatic rings. The predicted molar refractivity (Wildman–Crippen MR) is 105 cm³/mol. The number of aliphatic imine (C=N–C) groups is 1. The molecule has 0 saturated heterocycles. The van der Waals surface area contributed by atoms with Crippen LogP contribution in [0.2, 0.25) is 0 Å². The third kappa shape index (κ3) is 4.38. The van der Waals surface area contributed by atoms with Crippen molar-refractivity contribution in [1.82, 2.24) is 9.80 Å². The van der Waals surface area contributed by atoms with Crippen molar-refractivity contribution in [3.63, 3.8) is 0 Å². The monoisotopic (exact) mass is 339 g/mol. The standard InChI is InChI=1S/C21H29N3O/c1-5-23(6-2)20-19(21(25)24(7-3)8-4)16-18(14-15-22-20)17-12-10-9-11-13-17/h9-16,19H,5-8H2,1-4H3/t19-/m0/s1. The Labute approximate surface area is 151 Å². The van der Waals surface area contributed by atoms with Crippen molar-refractivity contribution in [3.8, 4) is 0 Å². The van der Waals surface area contributed by atoms with Gasteiger partial charge in [-0.05, 0) is 44.9 Å². The van der Waals surface area contributed by atoms with E-state index in [1.54, 1.807) is 0 Å². The van der Waals surface area contributed by atoms with Gasteiger partial charge in [-0.25, -0.2) is 4.99 Å². The summed E-state index contributed by atoms with van der Waals surface area (Å²) in [6.45, 7) is 11.3. The third-order valence-corrected chi connectivity index (χ3v) is 4.62. The molecule has 2 rings (SSSR count). The number of rotatable bonds is 6. The number of benzene rings is 1. The van der Waals surface area contributed by atoms with Gasteiger partial charge in [-0.1, -0.05) is 36.4 Å². The molecule has 0 unspecified atom stereocenters. The van der Waals surface area contributed by atoms with E-state index in [4.69, 9.17) is 0 Å². The second-order valence-electron chi connectivity index (χ2n) is 5.95. The second-order valence-corrected chi connectivity index (χ2v) is 5.95. The normalized spacial score (nSPS) is 16.7. The topological polar surface area (TPSA) is 35.9 Å². The number of nitrogens with zero attached hydrogens (tertiary/aromatic N) is 3. The van der Waals surface area contributed by atoms with Gasteiger partial charge in [-0.3, -0.25) is 4.79 Å². The Hall–Kier alpha value is -2.36. The van der Waals surface area contributed by atoms with E-state index in [9.17, 15) is 4.79 Å². The maximum absolute atomic E-state index is 13.2. The van der Waals surface area contributed by atoms with Crippen LogP contribution in [-0.2, 0) is 4.79 Å². The van der Waals surface area contributed by atoms with Crippen molar-refractivity contribution < 1.29 is 4.79 Å². The van der Waals surface area contributed by atoms with E-state index in [0.717, 1.165) is 30.1 Å². The number of amidine groups is 1. The number of carbonyl (C=O) groups is 1. The number of carbonyl (C=O) groups excluding carboxylic acids is 1. The SMILES string of the molecule is CCN(CC)C(=O)[C@H]1C=C(c2ccccc2)C=CN=C1N(CC)CC. The molecule has 0 bridgehead atoms. The molecule has 1 amide bonds. The van der Waals surface area contributed by atoms with Gasteiger partial charge in [0.15, 0.2) is 0 Å². The maximum atomic E-state index is 13.2. The van der Waals surface area contributed by atoms with Gasteiger partial charge in [0.05, 0.1) is 0 Å². The Bertz CT molecular complexity index is 653. The van der Waals surface area contributed by atoms with Crippen LogP contribution in [0.4, 0.5) is 0 Å². The summed E-state index contributed by atoms with van der Waals surface area (Å²) in [5.41, 5.74) is 2.14. The van der Waals surface area contributed by atoms with Crippen LogP contribution >= 0.6 is 0 Å². The van der Waals surface area contributed by atoms with Crippen LogP contribution in [0.1, 0.15) is 33.3 Å². The van der Waals surface area contributed by atoms with Crippen LogP contribution in [-0.4, -0.2) is 47.7 Å². The number of amides is 1. The van der Waals surface area contributed by atoms with Crippen LogP contribution in [0.25, 0.3) is 5.57 Å². The van der Waals surface area contributed by atoms with E-state index >= 15 is 0 Å². The fraction of sp³-hybridized carbons (Fsp3) is 0.429. The minimum Gasteiger partial charge on any atom is -0.360 e. The lowest BCUT2D eigenvalue weighted by atomic mass is 9.97. The van der Waals surface area contributed by atoms with Crippen molar-refractivity contribution in [3.05, 3.63) is 54.2 Å². The van der Waals surface area contributed by atoms with Crippen LogP contribution < -0.4 is 0 Å². The van der Waals surface area contributed by atoms with Crippen molar-refractivity contribution in [2.24, 2.45) is 10.9 Å². The van der Waals surface area contributed by atoms with Crippen molar-refractivity contribution in [2.45, 2.75) is 27.7 Å². The van der Waals surface area contributed by atoms with Crippen molar-refractivity contribution in [2.75, 3.05) is 26.2 Å². The minimum atomic E-state index is -0.356. The highest BCUT2D eigenvalue weighted by Gasteiger charge is 2.29. The molecule has 0 radical (unpaired) electrons. The first-order chi connectivity index (χ1) is 12.2. The molecule has 4 nitrogen and oxygen atoms in total. The molecular formula is C21H29N3O. The van der Waals surface area contributed by atoms with Crippen molar-refractivity contribution in [1.29, 1.82) is 0 Å². The van der Waals surface area contributed by atoms with E-state index < -0.39 is 0 Å². The maximum Gasteiger partial charge on any atom is 0.237 e. The van der Waals surface area contributed by atoms with Gasteiger partial charge in [0.2, 0.25) is 5.91 Å². The number of hydrogen-bond donors (Lipinski definition) is 0. The van der Waals surface area contributed by atoms with Crippen LogP contribution in [0.15, 0.2) is 53.7 Å². The lowest BCUT2D eigenvalue weighted by Crippen LogP contribution is -2.44. The molecule has 25 heavy (non-hydrogen) atoms. The van der Waals surface area contributed by atoms with E-state index in [1.807, 2.05) is 49.2 Å². The molecule has 0 N–H and O–H groups in total. The zero-order valence-corrected chi connectivity index (χ0v) is 15.8. The summed E-state index contributed by atoms with van der Waals surface area (Å²) in [5, 5.41) is 0. The largest absolute Gasteiger partial charge is 0.360 e. The molecule has 0 spiro atoms. The summed E-state index contributed by atoms with van der Waals surface area (Å²) in [5.74, 6) is 0.599. The molecule has 0 aliphatic carbocycles. The molecule has 0 saturated carbocycles. The molecular weight excluding hydrogens is 310 g/mol. The molecule has 0 fully saturated rings. The van der Waals surface area contributed by atoms with Gasteiger partial charge in [-0.15, -0.1) is 0 Å². The summed E-state index contributed by atoms with van der Waals surface area (Å²) in [7, 11) is 0. The Kier molecular flexibility index (Phi) is 6.99. The summed E-state index contributed by atoms with van der Waals surface area (Å²) in [6, 6.07) is 10.2. The van der Waals surface area contributed by atoms with Gasteiger partial charge >= 0.3 is 0 Å². The Morgan fingerprint density at radius 1 is 1.00 bits per heavy atom. The Balaban J connectivity index is 2.48. The van der Waals surface area contributed by atoms with Crippen LogP contribution in [0.3, 0.4) is 0 Å². The van der Waals surface area contributed by atoms with Crippen LogP contribution in [0.5, 0.6) is 0 Å². The molecule has 1 aliphatic heterocycles. The average Bonchev–Trinajstić information content (AvgIpc) is 2.88. The van der Waals surface area contributed by atoms with Crippen LogP contribution in [0, 0.1) is 5.92 Å². The molecule has 1 atom stereocenters. The molecule has 1 heterocycles. The summed E-state index contributed by atoms with van der Waals surface area (Å²) < 4.78 is 0. The quantitative estimate of drug-likeness (QED) is 0.790. The highest BCUT2D eigenvalue weighted by atomic mass is 16.2. The predicted octanol–water partition coefficient (Wildman–Crippen LogP) is 3.82. The fourth-order valence-electron chi connectivity index (χ4n) is 3.15. The average molecular weight is 339 g/mol. The molecule has 1 aliphatic rings. The molecule has 0 aromatic heterocycles. The molecule has 4 heteroatoms. The van der Waals surface area contributed by atoms with Crippen molar-refractivity contribution >= 4 is 17.3 Å². The first-order valence-electron chi connectivity index (χ1n) is 9.21. The lowest BCUT2D eigenvalue weighted by Gasteiger charge is -2.30. The van der Waals surface area contributed by atoms with E-state index in [-0.39, 0.29) is 11.8 Å². The van der Waals surface area contributed by atoms with Gasteiger partial charge < -0.3 is 9.80 Å². The number of hydrogen-bond acceptors (Lipinski definition) is 3. The van der Waals surface area contributed by atoms with Gasteiger partial charge in [0, 0.05) is 32.4 Å². The molecule has 1 aromatic carbocycles. The van der Waals surface area contributed by atoms with E-state index in [0.29, 0.717) is 13.1 Å².